The SMILES string of the molecule is CC(O)C(NC(=O)/C=C/C=C/CCCCCC(C)(C)C)C(=O)N[C@H]1C[C@@H](O)CCNC(=O)/C=C/[C@H](C)NC1=O. The van der Waals surface area contributed by atoms with Gasteiger partial charge in [0.05, 0.1) is 12.2 Å². The molecule has 220 valence electrons. The molecule has 0 aromatic heterocycles. The quantitative estimate of drug-likeness (QED) is 0.131. The lowest BCUT2D eigenvalue weighted by Crippen LogP contribution is -2.58. The first-order valence-electron chi connectivity index (χ1n) is 13.8. The molecule has 4 amide bonds. The third-order valence-electron chi connectivity index (χ3n) is 6.18. The van der Waals surface area contributed by atoms with Gasteiger partial charge in [-0.1, -0.05) is 57.9 Å². The van der Waals surface area contributed by atoms with E-state index in [9.17, 15) is 29.4 Å². The molecule has 1 aliphatic heterocycles. The molecule has 10 nitrogen and oxygen atoms in total. The summed E-state index contributed by atoms with van der Waals surface area (Å²) < 4.78 is 0. The normalized spacial score (nSPS) is 23.7. The molecule has 0 aromatic carbocycles. The van der Waals surface area contributed by atoms with Crippen LogP contribution in [0.4, 0.5) is 0 Å². The van der Waals surface area contributed by atoms with Gasteiger partial charge in [0.2, 0.25) is 23.6 Å². The number of rotatable bonds is 11. The second-order valence-electron chi connectivity index (χ2n) is 11.4. The minimum atomic E-state index is -1.31. The fourth-order valence-corrected chi connectivity index (χ4v) is 3.93. The summed E-state index contributed by atoms with van der Waals surface area (Å²) in [5, 5.41) is 30.8. The van der Waals surface area contributed by atoms with Gasteiger partial charge in [0.15, 0.2) is 0 Å². The van der Waals surface area contributed by atoms with Crippen molar-refractivity contribution in [2.45, 2.75) is 110 Å². The number of hydrogen-bond donors (Lipinski definition) is 6. The summed E-state index contributed by atoms with van der Waals surface area (Å²) in [7, 11) is 0. The zero-order valence-corrected chi connectivity index (χ0v) is 24.0. The maximum Gasteiger partial charge on any atom is 0.245 e. The molecule has 0 fully saturated rings. The summed E-state index contributed by atoms with van der Waals surface area (Å²) in [5.41, 5.74) is 0.351. The number of amides is 4. The molecular formula is C29H48N4O6. The lowest BCUT2D eigenvalue weighted by atomic mass is 9.89. The average Bonchev–Trinajstić information content (AvgIpc) is 2.83. The van der Waals surface area contributed by atoms with Crippen molar-refractivity contribution in [3.05, 3.63) is 36.5 Å². The first-order valence-corrected chi connectivity index (χ1v) is 13.8. The van der Waals surface area contributed by atoms with Crippen LogP contribution in [0.5, 0.6) is 0 Å². The molecule has 0 radical (unpaired) electrons. The van der Waals surface area contributed by atoms with E-state index in [0.717, 1.165) is 19.3 Å². The van der Waals surface area contributed by atoms with Gasteiger partial charge in [-0.3, -0.25) is 19.2 Å². The van der Waals surface area contributed by atoms with Gasteiger partial charge < -0.3 is 31.5 Å². The molecule has 1 heterocycles. The van der Waals surface area contributed by atoms with Crippen molar-refractivity contribution >= 4 is 23.6 Å². The molecule has 0 saturated heterocycles. The molecule has 2 unspecified atom stereocenters. The minimum absolute atomic E-state index is 0.106. The summed E-state index contributed by atoms with van der Waals surface area (Å²) in [4.78, 5) is 49.9. The van der Waals surface area contributed by atoms with Crippen LogP contribution in [0.1, 0.15) is 79.6 Å². The van der Waals surface area contributed by atoms with Gasteiger partial charge >= 0.3 is 0 Å². The predicted molar refractivity (Wildman–Crippen MR) is 151 cm³/mol. The van der Waals surface area contributed by atoms with Gasteiger partial charge in [0.1, 0.15) is 12.1 Å². The van der Waals surface area contributed by atoms with E-state index in [1.807, 2.05) is 6.08 Å². The smallest absolute Gasteiger partial charge is 0.245 e. The van der Waals surface area contributed by atoms with Crippen LogP contribution in [0.3, 0.4) is 0 Å². The van der Waals surface area contributed by atoms with Crippen LogP contribution in [0.25, 0.3) is 0 Å². The molecule has 0 aromatic rings. The molecule has 5 atom stereocenters. The first-order chi connectivity index (χ1) is 18.3. The van der Waals surface area contributed by atoms with Gasteiger partial charge in [0.25, 0.3) is 0 Å². The van der Waals surface area contributed by atoms with E-state index in [2.05, 4.69) is 42.0 Å². The van der Waals surface area contributed by atoms with Crippen molar-refractivity contribution in [3.8, 4) is 0 Å². The molecule has 0 bridgehead atoms. The van der Waals surface area contributed by atoms with Gasteiger partial charge in [-0.2, -0.15) is 0 Å². The maximum atomic E-state index is 12.9. The molecular weight excluding hydrogens is 500 g/mol. The summed E-state index contributed by atoms with van der Waals surface area (Å²) in [5.74, 6) is -2.21. The van der Waals surface area contributed by atoms with Crippen molar-refractivity contribution in [1.82, 2.24) is 21.3 Å². The van der Waals surface area contributed by atoms with Gasteiger partial charge in [0, 0.05) is 31.2 Å². The standard InChI is InChI=1S/C29H48N4O6/c1-20-14-15-24(36)30-18-16-22(35)19-23(27(38)31-20)32-28(39)26(21(2)34)33-25(37)13-11-9-7-6-8-10-12-17-29(3,4)5/h7,9,11,13-15,20-23,26,34-35H,6,8,10,12,16-19H2,1-5H3,(H,30,36)(H,31,38)(H,32,39)(H,33,37)/b9-7+,13-11+,15-14+/t20-,21?,22-,23-,26?/m0/s1. The van der Waals surface area contributed by atoms with Crippen molar-refractivity contribution in [1.29, 1.82) is 0 Å². The average molecular weight is 549 g/mol. The lowest BCUT2D eigenvalue weighted by molar-refractivity contribution is -0.134. The largest absolute Gasteiger partial charge is 0.393 e. The van der Waals surface area contributed by atoms with Crippen LogP contribution in [0.2, 0.25) is 0 Å². The number of hydrogen-bond acceptors (Lipinski definition) is 6. The molecule has 10 heteroatoms. The molecule has 6 N–H and O–H groups in total. The van der Waals surface area contributed by atoms with E-state index in [-0.39, 0.29) is 25.3 Å². The summed E-state index contributed by atoms with van der Waals surface area (Å²) in [6.07, 6.45) is 12.8. The highest BCUT2D eigenvalue weighted by atomic mass is 16.3. The topological polar surface area (TPSA) is 157 Å². The van der Waals surface area contributed by atoms with Gasteiger partial charge in [-0.15, -0.1) is 0 Å². The van der Waals surface area contributed by atoms with Crippen molar-refractivity contribution < 1.29 is 29.4 Å². The van der Waals surface area contributed by atoms with E-state index in [1.54, 1.807) is 19.1 Å². The molecule has 1 rings (SSSR count). The van der Waals surface area contributed by atoms with E-state index < -0.39 is 48.1 Å². The maximum absolute atomic E-state index is 12.9. The van der Waals surface area contributed by atoms with E-state index >= 15 is 0 Å². The Balaban J connectivity index is 2.68. The van der Waals surface area contributed by atoms with Crippen LogP contribution in [-0.4, -0.2) is 70.7 Å². The van der Waals surface area contributed by atoms with Crippen LogP contribution in [0, 0.1) is 5.41 Å². The van der Waals surface area contributed by atoms with E-state index in [1.165, 1.54) is 38.0 Å². The highest BCUT2D eigenvalue weighted by molar-refractivity contribution is 5.95. The Morgan fingerprint density at radius 2 is 1.90 bits per heavy atom. The Morgan fingerprint density at radius 3 is 2.56 bits per heavy atom. The number of aliphatic hydroxyl groups is 2. The Hall–Kier alpha value is -2.98. The van der Waals surface area contributed by atoms with Crippen molar-refractivity contribution in [2.75, 3.05) is 6.54 Å². The number of carbonyl (C=O) groups is 4. The summed E-state index contributed by atoms with van der Waals surface area (Å²) in [6.45, 7) is 9.93. The fourth-order valence-electron chi connectivity index (χ4n) is 3.93. The second-order valence-corrected chi connectivity index (χ2v) is 11.4. The number of unbranched alkanes of at least 4 members (excludes halogenated alkanes) is 3. The zero-order valence-electron chi connectivity index (χ0n) is 24.0. The molecule has 39 heavy (non-hydrogen) atoms. The van der Waals surface area contributed by atoms with Gasteiger partial charge in [-0.25, -0.2) is 0 Å². The second kappa shape index (κ2) is 17.6. The van der Waals surface area contributed by atoms with Crippen molar-refractivity contribution in [3.63, 3.8) is 0 Å². The van der Waals surface area contributed by atoms with Gasteiger partial charge in [-0.05, 0) is 44.9 Å². The molecule has 0 saturated carbocycles. The summed E-state index contributed by atoms with van der Waals surface area (Å²) in [6, 6.07) is -2.93. The highest BCUT2D eigenvalue weighted by Gasteiger charge is 2.31. The predicted octanol–water partition coefficient (Wildman–Crippen LogP) is 1.78. The molecule has 0 aliphatic carbocycles. The highest BCUT2D eigenvalue weighted by Crippen LogP contribution is 2.22. The Labute approximate surface area is 232 Å². The monoisotopic (exact) mass is 548 g/mol. The van der Waals surface area contributed by atoms with E-state index in [0.29, 0.717) is 5.41 Å². The molecule has 1 aliphatic rings. The Bertz CT molecular complexity index is 891. The van der Waals surface area contributed by atoms with Crippen molar-refractivity contribution in [2.24, 2.45) is 5.41 Å². The third-order valence-corrected chi connectivity index (χ3v) is 6.18. The third kappa shape index (κ3) is 15.9. The van der Waals surface area contributed by atoms with Crippen LogP contribution < -0.4 is 21.3 Å². The van der Waals surface area contributed by atoms with E-state index in [4.69, 9.17) is 0 Å². The zero-order chi connectivity index (χ0) is 29.4. The Morgan fingerprint density at radius 1 is 1.18 bits per heavy atom. The van der Waals surface area contributed by atoms with Crippen LogP contribution in [-0.2, 0) is 19.2 Å². The number of aliphatic hydroxyl groups excluding tert-OH is 2. The first kappa shape index (κ1) is 34.0. The minimum Gasteiger partial charge on any atom is -0.393 e. The Kier molecular flexibility index (Phi) is 15.3. The van der Waals surface area contributed by atoms with Crippen LogP contribution >= 0.6 is 0 Å². The number of allylic oxidation sites excluding steroid dienone is 3. The lowest BCUT2D eigenvalue weighted by Gasteiger charge is -2.26. The van der Waals surface area contributed by atoms with Crippen LogP contribution in [0.15, 0.2) is 36.5 Å². The number of nitrogens with one attached hydrogen (secondary N) is 4. The number of carbonyl (C=O) groups excluding carboxylic acids is 4. The summed E-state index contributed by atoms with van der Waals surface area (Å²) >= 11 is 0. The fraction of sp³-hybridized carbons (Fsp3) is 0.655. The molecule has 0 spiro atoms.